The second-order valence-electron chi connectivity index (χ2n) is 16.2. The fraction of sp³-hybridized carbons (Fsp3) is 0.707. The fourth-order valence-corrected chi connectivity index (χ4v) is 7.44. The number of hydrogen-bond acceptors (Lipinski definition) is 16. The number of rotatable bonds is 26. The highest BCUT2D eigenvalue weighted by molar-refractivity contribution is 5.81. The van der Waals surface area contributed by atoms with Gasteiger partial charge in [-0.25, -0.2) is 9.36 Å². The molecule has 2 aliphatic rings. The lowest BCUT2D eigenvalue weighted by Crippen LogP contribution is -3.00. The van der Waals surface area contributed by atoms with Gasteiger partial charge in [-0.05, 0) is 24.7 Å². The number of terminal acetylenes is 1. The predicted molar refractivity (Wildman–Crippen MR) is 238 cm³/mol. The Balaban J connectivity index is 0.00000925. The van der Waals surface area contributed by atoms with Gasteiger partial charge in [0, 0.05) is 84.3 Å². The molecule has 2 amide bonds. The highest BCUT2D eigenvalue weighted by atomic mass is 35.5. The van der Waals surface area contributed by atoms with Crippen LogP contribution >= 0.6 is 0 Å². The Hall–Kier alpha value is -5.41. The molecule has 24 heteroatoms. The summed E-state index contributed by atoms with van der Waals surface area (Å²) in [7, 11) is 0. The Labute approximate surface area is 387 Å². The van der Waals surface area contributed by atoms with Gasteiger partial charge < -0.3 is 56.6 Å². The first-order valence-electron chi connectivity index (χ1n) is 22.3. The number of aliphatic hydroxyl groups excluding tert-OH is 1. The molecular formula is C41H68ClN17O6. The average Bonchev–Trinajstić information content (AvgIpc) is 3.96. The number of halogens is 1. The molecule has 2 saturated heterocycles. The number of carbonyl (C=O) groups is 2. The molecule has 0 spiro atoms. The average molecular weight is 931 g/mol. The van der Waals surface area contributed by atoms with Crippen LogP contribution in [0, 0.1) is 24.2 Å². The number of carbonyl (C=O) groups excluding carboxylic acids is 2. The van der Waals surface area contributed by atoms with E-state index in [1.807, 2.05) is 29.8 Å². The van der Waals surface area contributed by atoms with Gasteiger partial charge >= 0.3 is 5.96 Å². The van der Waals surface area contributed by atoms with Gasteiger partial charge in [-0.1, -0.05) is 50.5 Å². The van der Waals surface area contributed by atoms with Crippen molar-refractivity contribution in [3.63, 3.8) is 0 Å². The number of aromatic nitrogens is 9. The van der Waals surface area contributed by atoms with E-state index in [4.69, 9.17) is 47.1 Å². The minimum Gasteiger partial charge on any atom is -1.00 e. The summed E-state index contributed by atoms with van der Waals surface area (Å²) < 4.78 is 19.8. The van der Waals surface area contributed by atoms with Crippen LogP contribution in [0.25, 0.3) is 0 Å². The summed E-state index contributed by atoms with van der Waals surface area (Å²) in [5.74, 6) is 3.94. The third-order valence-electron chi connectivity index (χ3n) is 11.1. The molecule has 5 rings (SSSR count). The zero-order chi connectivity index (χ0) is 45.8. The molecular weight excluding hydrogens is 862 g/mol. The lowest BCUT2D eigenvalue weighted by Gasteiger charge is -2.38. The van der Waals surface area contributed by atoms with Gasteiger partial charge in [0.15, 0.2) is 0 Å². The quantitative estimate of drug-likeness (QED) is 0.0217. The largest absolute Gasteiger partial charge is 1.00 e. The molecule has 0 bridgehead atoms. The van der Waals surface area contributed by atoms with E-state index in [0.29, 0.717) is 135 Å². The number of piperazine rings is 2. The van der Waals surface area contributed by atoms with E-state index >= 15 is 0 Å². The zero-order valence-electron chi connectivity index (χ0n) is 38.2. The summed E-state index contributed by atoms with van der Waals surface area (Å²) >= 11 is 0. The summed E-state index contributed by atoms with van der Waals surface area (Å²) in [6.45, 7) is 15.3. The lowest BCUT2D eigenvalue weighted by atomic mass is 9.97. The van der Waals surface area contributed by atoms with Crippen LogP contribution in [-0.2, 0) is 36.6 Å². The van der Waals surface area contributed by atoms with Gasteiger partial charge in [0.05, 0.1) is 51.0 Å². The second kappa shape index (κ2) is 27.2. The first-order chi connectivity index (χ1) is 31.0. The van der Waals surface area contributed by atoms with Crippen LogP contribution in [0.3, 0.4) is 0 Å². The molecule has 3 aromatic rings. The second-order valence-corrected chi connectivity index (χ2v) is 16.2. The topological polar surface area (TPSA) is 273 Å². The van der Waals surface area contributed by atoms with E-state index in [1.165, 1.54) is 0 Å². The van der Waals surface area contributed by atoms with E-state index in [9.17, 15) is 14.7 Å². The number of nitrogens with two attached hydrogens (primary N) is 2. The maximum absolute atomic E-state index is 14.2. The molecule has 360 valence electrons. The van der Waals surface area contributed by atoms with Crippen molar-refractivity contribution in [1.29, 1.82) is 0 Å². The minimum atomic E-state index is -0.526. The van der Waals surface area contributed by atoms with Crippen LogP contribution in [0.5, 0.6) is 0 Å². The van der Waals surface area contributed by atoms with Gasteiger partial charge in [-0.15, -0.1) is 16.6 Å². The summed E-state index contributed by atoms with van der Waals surface area (Å²) in [6.07, 6.45) is 11.4. The Morgan fingerprint density at radius 2 is 1.32 bits per heavy atom. The molecule has 3 unspecified atom stereocenters. The van der Waals surface area contributed by atoms with Crippen molar-refractivity contribution in [1.82, 2.24) is 54.7 Å². The normalized spacial score (nSPS) is 15.6. The van der Waals surface area contributed by atoms with Gasteiger partial charge in [0.25, 0.3) is 0 Å². The van der Waals surface area contributed by atoms with Crippen molar-refractivity contribution >= 4 is 35.6 Å². The van der Waals surface area contributed by atoms with Crippen LogP contribution in [0.1, 0.15) is 64.0 Å². The Morgan fingerprint density at radius 3 is 1.85 bits per heavy atom. The summed E-state index contributed by atoms with van der Waals surface area (Å²) in [5.41, 5.74) is 12.5. The maximum atomic E-state index is 14.2. The molecule has 0 radical (unpaired) electrons. The number of nitrogens with one attached hydrogen (secondary N) is 2. The fourth-order valence-electron chi connectivity index (χ4n) is 7.44. The number of aryl methyl sites for hydroxylation is 1. The standard InChI is InChI=1S/C41H67N17O6.ClH/c1-6-22-62-24-26-64-27-25-63-23-12-45-39-46-40(55-17-13-53(14-18-55)36(60)34(30(3)4)57-29-33(10-21-59)50-51-57)48-41(47-39)56-19-15-54(16-20-56)37(61)35(31(5)7-2)58-28-32(49-52-58)9-8-11-44-38(42)43;/h1,28-31,34-35,59H,7-27H2,2-5H3,(H4,42,43,44)(H,45,46,47,48);1H. The van der Waals surface area contributed by atoms with Gasteiger partial charge in [0.2, 0.25) is 29.7 Å². The third-order valence-corrected chi connectivity index (χ3v) is 11.1. The lowest BCUT2D eigenvalue weighted by molar-refractivity contribution is -0.459. The Morgan fingerprint density at radius 1 is 0.800 bits per heavy atom. The van der Waals surface area contributed by atoms with Crippen molar-refractivity contribution in [2.24, 2.45) is 23.3 Å². The number of guanidine groups is 1. The minimum absolute atomic E-state index is 0. The molecule has 3 atom stereocenters. The van der Waals surface area contributed by atoms with Crippen LogP contribution in [-0.4, -0.2) is 189 Å². The molecule has 0 aromatic carbocycles. The van der Waals surface area contributed by atoms with Crippen molar-refractivity contribution in [2.45, 2.75) is 65.5 Å². The van der Waals surface area contributed by atoms with Crippen LogP contribution in [0.2, 0.25) is 0 Å². The van der Waals surface area contributed by atoms with Crippen LogP contribution < -0.4 is 44.0 Å². The first-order valence-corrected chi connectivity index (χ1v) is 22.3. The summed E-state index contributed by atoms with van der Waals surface area (Å²) in [5, 5.41) is 29.8. The van der Waals surface area contributed by atoms with Crippen LogP contribution in [0.15, 0.2) is 12.4 Å². The zero-order valence-corrected chi connectivity index (χ0v) is 39.0. The van der Waals surface area contributed by atoms with E-state index < -0.39 is 12.1 Å². The molecule has 7 N–H and O–H groups in total. The molecule has 23 nitrogen and oxygen atoms in total. The summed E-state index contributed by atoms with van der Waals surface area (Å²) in [6, 6.07) is -1.02. The van der Waals surface area contributed by atoms with Gasteiger partial charge in [-0.3, -0.25) is 26.0 Å². The highest BCUT2D eigenvalue weighted by Crippen LogP contribution is 2.26. The molecule has 0 saturated carbocycles. The smallest absolute Gasteiger partial charge is 0.338 e. The number of amides is 2. The van der Waals surface area contributed by atoms with Crippen molar-refractivity contribution < 1.29 is 46.3 Å². The number of nitrogens with zero attached hydrogens (tertiary/aromatic N) is 13. The van der Waals surface area contributed by atoms with E-state index in [0.717, 1.165) is 18.5 Å². The molecule has 2 aliphatic heterocycles. The molecule has 0 aliphatic carbocycles. The van der Waals surface area contributed by atoms with E-state index in [1.54, 1.807) is 15.6 Å². The summed E-state index contributed by atoms with van der Waals surface area (Å²) in [4.78, 5) is 53.5. The number of anilines is 3. The van der Waals surface area contributed by atoms with E-state index in [-0.39, 0.29) is 55.2 Å². The van der Waals surface area contributed by atoms with E-state index in [2.05, 4.69) is 60.5 Å². The Kier molecular flexibility index (Phi) is 21.8. The molecule has 5 heterocycles. The number of ether oxygens (including phenoxy) is 3. The molecule has 2 fully saturated rings. The maximum Gasteiger partial charge on any atom is 0.338 e. The predicted octanol–water partition coefficient (Wildman–Crippen LogP) is -5.54. The van der Waals surface area contributed by atoms with Crippen molar-refractivity contribution in [2.75, 3.05) is 127 Å². The third kappa shape index (κ3) is 15.6. The first kappa shape index (κ1) is 52.2. The Bertz CT molecular complexity index is 1960. The van der Waals surface area contributed by atoms with Crippen LogP contribution in [0.4, 0.5) is 17.8 Å². The SMILES string of the molecule is C#CCOCCOCCOCCNc1nc(N2CCN(C(=O)C(C(C)C)n3cc(CCO)nn3)CC2)nc(N2CCN(C(=O)C(C(C)CC)n3cc(CCC[NH+]=C(N)N)nn3)CC2)n1.[Cl-]. The number of hydrogen-bond donors (Lipinski definition) is 5. The number of aliphatic hydroxyl groups is 1. The monoisotopic (exact) mass is 930 g/mol. The van der Waals surface area contributed by atoms with Gasteiger partial charge in [0.1, 0.15) is 18.7 Å². The van der Waals surface area contributed by atoms with Gasteiger partial charge in [-0.2, -0.15) is 15.0 Å². The van der Waals surface area contributed by atoms with Crippen molar-refractivity contribution in [3.8, 4) is 12.3 Å². The molecule has 3 aromatic heterocycles. The van der Waals surface area contributed by atoms with Crippen molar-refractivity contribution in [3.05, 3.63) is 23.8 Å². The highest BCUT2D eigenvalue weighted by Gasteiger charge is 2.35. The molecule has 65 heavy (non-hydrogen) atoms.